The fourth-order valence-corrected chi connectivity index (χ4v) is 2.58. The third-order valence-electron chi connectivity index (χ3n) is 2.32. The van der Waals surface area contributed by atoms with Gasteiger partial charge in [0.15, 0.2) is 5.13 Å². The van der Waals surface area contributed by atoms with E-state index in [1.165, 1.54) is 4.70 Å². The molecule has 0 aliphatic carbocycles. The minimum Gasteiger partial charge on any atom is -0.349 e. The van der Waals surface area contributed by atoms with Crippen molar-refractivity contribution < 1.29 is 0 Å². The van der Waals surface area contributed by atoms with E-state index in [0.29, 0.717) is 0 Å². The molecule has 0 saturated heterocycles. The van der Waals surface area contributed by atoms with Crippen LogP contribution in [0.15, 0.2) is 24.3 Å². The van der Waals surface area contributed by atoms with Gasteiger partial charge in [0, 0.05) is 13.1 Å². The second-order valence-corrected chi connectivity index (χ2v) is 4.15. The Hall–Kier alpha value is -1.09. The number of fused-ring (bicyclic) bond motifs is 1. The van der Waals surface area contributed by atoms with E-state index in [0.717, 1.165) is 23.7 Å². The van der Waals surface area contributed by atoms with Gasteiger partial charge in [0.2, 0.25) is 0 Å². The number of nitrogens with zero attached hydrogens (tertiary/aromatic N) is 2. The molecular weight excluding hydrogens is 192 g/mol. The van der Waals surface area contributed by atoms with Crippen LogP contribution >= 0.6 is 11.3 Å². The van der Waals surface area contributed by atoms with Crippen LogP contribution in [0.1, 0.15) is 13.8 Å². The largest absolute Gasteiger partial charge is 0.349 e. The van der Waals surface area contributed by atoms with Gasteiger partial charge in [-0.15, -0.1) is 0 Å². The summed E-state index contributed by atoms with van der Waals surface area (Å²) < 4.78 is 1.27. The van der Waals surface area contributed by atoms with Crippen molar-refractivity contribution in [3.8, 4) is 0 Å². The van der Waals surface area contributed by atoms with Gasteiger partial charge in [0.1, 0.15) is 0 Å². The van der Waals surface area contributed by atoms with E-state index in [9.17, 15) is 0 Å². The maximum Gasteiger partial charge on any atom is 0.186 e. The Balaban J connectivity index is 2.43. The number of thiazole rings is 1. The molecule has 0 aliphatic heterocycles. The predicted octanol–water partition coefficient (Wildman–Crippen LogP) is 3.14. The molecule has 2 nitrogen and oxygen atoms in total. The summed E-state index contributed by atoms with van der Waals surface area (Å²) >= 11 is 1.77. The van der Waals surface area contributed by atoms with Crippen molar-refractivity contribution in [2.45, 2.75) is 13.8 Å². The summed E-state index contributed by atoms with van der Waals surface area (Å²) in [5.74, 6) is 0. The highest BCUT2D eigenvalue weighted by Gasteiger charge is 2.07. The van der Waals surface area contributed by atoms with Gasteiger partial charge < -0.3 is 4.90 Å². The quantitative estimate of drug-likeness (QED) is 0.767. The van der Waals surface area contributed by atoms with Crippen molar-refractivity contribution in [3.05, 3.63) is 24.3 Å². The molecule has 0 aliphatic rings. The number of benzene rings is 1. The molecule has 0 bridgehead atoms. The van der Waals surface area contributed by atoms with E-state index < -0.39 is 0 Å². The normalized spacial score (nSPS) is 10.7. The molecule has 1 aromatic carbocycles. The summed E-state index contributed by atoms with van der Waals surface area (Å²) in [6.45, 7) is 6.37. The van der Waals surface area contributed by atoms with Crippen molar-refractivity contribution >= 4 is 26.7 Å². The van der Waals surface area contributed by atoms with Gasteiger partial charge in [-0.1, -0.05) is 23.5 Å². The van der Waals surface area contributed by atoms with E-state index in [2.05, 4.69) is 41.9 Å². The molecule has 1 heterocycles. The third-order valence-corrected chi connectivity index (χ3v) is 3.41. The number of rotatable bonds is 3. The first-order valence-electron chi connectivity index (χ1n) is 4.95. The average Bonchev–Trinajstić information content (AvgIpc) is 2.63. The molecule has 3 heteroatoms. The minimum absolute atomic E-state index is 1.02. The molecule has 1 aromatic heterocycles. The molecule has 2 aromatic rings. The summed E-state index contributed by atoms with van der Waals surface area (Å²) in [6.07, 6.45) is 0. The maximum atomic E-state index is 4.60. The Labute approximate surface area is 88.2 Å². The first-order chi connectivity index (χ1) is 6.85. The van der Waals surface area contributed by atoms with Crippen molar-refractivity contribution in [3.63, 3.8) is 0 Å². The van der Waals surface area contributed by atoms with Gasteiger partial charge in [-0.25, -0.2) is 4.98 Å². The van der Waals surface area contributed by atoms with E-state index >= 15 is 0 Å². The van der Waals surface area contributed by atoms with Crippen LogP contribution < -0.4 is 4.90 Å². The van der Waals surface area contributed by atoms with Crippen LogP contribution in [0.5, 0.6) is 0 Å². The highest BCUT2D eigenvalue weighted by molar-refractivity contribution is 7.22. The van der Waals surface area contributed by atoms with E-state index in [4.69, 9.17) is 0 Å². The molecular formula is C11H14N2S. The highest BCUT2D eigenvalue weighted by atomic mass is 32.1. The number of anilines is 1. The van der Waals surface area contributed by atoms with Crippen LogP contribution in [-0.4, -0.2) is 18.1 Å². The average molecular weight is 206 g/mol. The first kappa shape index (κ1) is 9.46. The van der Waals surface area contributed by atoms with Crippen LogP contribution in [0.4, 0.5) is 5.13 Å². The topological polar surface area (TPSA) is 16.1 Å². The lowest BCUT2D eigenvalue weighted by Crippen LogP contribution is -2.21. The van der Waals surface area contributed by atoms with Gasteiger partial charge in [-0.2, -0.15) is 0 Å². The molecule has 0 fully saturated rings. The smallest absolute Gasteiger partial charge is 0.186 e. The number of aromatic nitrogens is 1. The Morgan fingerprint density at radius 2 is 1.93 bits per heavy atom. The Bertz CT molecular complexity index is 385. The lowest BCUT2D eigenvalue weighted by atomic mass is 10.3. The van der Waals surface area contributed by atoms with Crippen molar-refractivity contribution in [2.75, 3.05) is 18.0 Å². The minimum atomic E-state index is 1.02. The van der Waals surface area contributed by atoms with E-state index in [1.54, 1.807) is 11.3 Å². The molecule has 74 valence electrons. The van der Waals surface area contributed by atoms with Crippen LogP contribution in [0, 0.1) is 0 Å². The lowest BCUT2D eigenvalue weighted by molar-refractivity contribution is 0.862. The summed E-state index contributed by atoms with van der Waals surface area (Å²) in [5.41, 5.74) is 1.11. The second kappa shape index (κ2) is 3.96. The lowest BCUT2D eigenvalue weighted by Gasteiger charge is -2.16. The monoisotopic (exact) mass is 206 g/mol. The van der Waals surface area contributed by atoms with E-state index in [1.807, 2.05) is 6.07 Å². The SMILES string of the molecule is CCN(CC)c1nc2ccccc2s1. The van der Waals surface area contributed by atoms with Crippen LogP contribution in [0.25, 0.3) is 10.2 Å². The maximum absolute atomic E-state index is 4.60. The predicted molar refractivity (Wildman–Crippen MR) is 63.2 cm³/mol. The van der Waals surface area contributed by atoms with Gasteiger partial charge in [0.25, 0.3) is 0 Å². The van der Waals surface area contributed by atoms with Gasteiger partial charge >= 0.3 is 0 Å². The summed E-state index contributed by atoms with van der Waals surface area (Å²) in [4.78, 5) is 6.88. The number of hydrogen-bond donors (Lipinski definition) is 0. The number of hydrogen-bond acceptors (Lipinski definition) is 3. The van der Waals surface area contributed by atoms with Crippen molar-refractivity contribution in [1.82, 2.24) is 4.98 Å². The summed E-state index contributed by atoms with van der Waals surface area (Å²) in [5, 5.41) is 1.14. The zero-order chi connectivity index (χ0) is 9.97. The van der Waals surface area contributed by atoms with Gasteiger partial charge in [0.05, 0.1) is 10.2 Å². The Morgan fingerprint density at radius 1 is 1.21 bits per heavy atom. The molecule has 0 atom stereocenters. The number of para-hydroxylation sites is 1. The molecule has 14 heavy (non-hydrogen) atoms. The standard InChI is InChI=1S/C11H14N2S/c1-3-13(4-2)11-12-9-7-5-6-8-10(9)14-11/h5-8H,3-4H2,1-2H3. The van der Waals surface area contributed by atoms with Crippen molar-refractivity contribution in [2.24, 2.45) is 0 Å². The second-order valence-electron chi connectivity index (χ2n) is 3.14. The van der Waals surface area contributed by atoms with Crippen molar-refractivity contribution in [1.29, 1.82) is 0 Å². The van der Waals surface area contributed by atoms with Crippen LogP contribution in [0.3, 0.4) is 0 Å². The highest BCUT2D eigenvalue weighted by Crippen LogP contribution is 2.27. The molecule has 0 spiro atoms. The van der Waals surface area contributed by atoms with E-state index in [-0.39, 0.29) is 0 Å². The fraction of sp³-hybridized carbons (Fsp3) is 0.364. The zero-order valence-electron chi connectivity index (χ0n) is 8.53. The third kappa shape index (κ3) is 1.60. The molecule has 0 saturated carbocycles. The molecule has 0 radical (unpaired) electrons. The van der Waals surface area contributed by atoms with Crippen LogP contribution in [0.2, 0.25) is 0 Å². The Kier molecular flexibility index (Phi) is 2.68. The molecule has 0 unspecified atom stereocenters. The molecule has 0 amide bonds. The van der Waals surface area contributed by atoms with Gasteiger partial charge in [-0.05, 0) is 26.0 Å². The Morgan fingerprint density at radius 3 is 2.57 bits per heavy atom. The zero-order valence-corrected chi connectivity index (χ0v) is 9.34. The summed E-state index contributed by atoms with van der Waals surface area (Å²) in [6, 6.07) is 8.29. The molecule has 0 N–H and O–H groups in total. The first-order valence-corrected chi connectivity index (χ1v) is 5.77. The molecule has 2 rings (SSSR count). The summed E-state index contributed by atoms with van der Waals surface area (Å²) in [7, 11) is 0. The fourth-order valence-electron chi connectivity index (χ4n) is 1.49. The van der Waals surface area contributed by atoms with Crippen LogP contribution in [-0.2, 0) is 0 Å². The van der Waals surface area contributed by atoms with Gasteiger partial charge in [-0.3, -0.25) is 0 Å².